The largest absolute Gasteiger partial charge is 0.360 e. The van der Waals surface area contributed by atoms with E-state index in [9.17, 15) is 4.79 Å². The van der Waals surface area contributed by atoms with Crippen LogP contribution in [0.25, 0.3) is 0 Å². The van der Waals surface area contributed by atoms with E-state index >= 15 is 0 Å². The maximum absolute atomic E-state index is 11.9. The summed E-state index contributed by atoms with van der Waals surface area (Å²) >= 11 is 0. The molecule has 1 aromatic rings. The molecule has 0 atom stereocenters. The second-order valence-corrected chi connectivity index (χ2v) is 4.89. The fourth-order valence-electron chi connectivity index (χ4n) is 2.00. The highest BCUT2D eigenvalue weighted by molar-refractivity contribution is 5.97. The van der Waals surface area contributed by atoms with Gasteiger partial charge in [0, 0.05) is 18.4 Å². The third kappa shape index (κ3) is 4.96. The smallest absolute Gasteiger partial charge is 0.263 e. The van der Waals surface area contributed by atoms with E-state index in [1.807, 2.05) is 31.2 Å². The minimum absolute atomic E-state index is 0.0939. The van der Waals surface area contributed by atoms with Crippen molar-refractivity contribution in [2.24, 2.45) is 0 Å². The summed E-state index contributed by atoms with van der Waals surface area (Å²) in [5, 5.41) is 15.0. The van der Waals surface area contributed by atoms with Gasteiger partial charge in [-0.3, -0.25) is 4.79 Å². The molecule has 0 aliphatic heterocycles. The average Bonchev–Trinajstić information content (AvgIpc) is 2.49. The van der Waals surface area contributed by atoms with Crippen LogP contribution in [0.5, 0.6) is 0 Å². The summed E-state index contributed by atoms with van der Waals surface area (Å²) in [6, 6.07) is 7.99. The maximum atomic E-state index is 11.9. The van der Waals surface area contributed by atoms with Crippen molar-refractivity contribution in [1.29, 1.82) is 5.26 Å². The van der Waals surface area contributed by atoms with E-state index in [1.165, 1.54) is 6.20 Å². The van der Waals surface area contributed by atoms with Crippen LogP contribution in [0, 0.1) is 18.3 Å². The van der Waals surface area contributed by atoms with Crippen LogP contribution in [0.3, 0.4) is 0 Å². The Kier molecular flexibility index (Phi) is 7.03. The molecule has 0 saturated carbocycles. The molecule has 2 N–H and O–H groups in total. The number of nitrogens with zero attached hydrogens (tertiary/aromatic N) is 1. The summed E-state index contributed by atoms with van der Waals surface area (Å²) in [6.07, 6.45) is 4.30. The predicted molar refractivity (Wildman–Crippen MR) is 85.8 cm³/mol. The number of nitriles is 1. The molecule has 1 rings (SSSR count). The molecular formula is C17H23N3O. The first-order valence-corrected chi connectivity index (χ1v) is 7.37. The van der Waals surface area contributed by atoms with Crippen molar-refractivity contribution in [3.8, 4) is 6.07 Å². The Morgan fingerprint density at radius 1 is 1.38 bits per heavy atom. The van der Waals surface area contributed by atoms with Crippen molar-refractivity contribution in [1.82, 2.24) is 5.32 Å². The molecule has 4 nitrogen and oxygen atoms in total. The number of carbonyl (C=O) groups excluding carboxylic acids is 1. The number of hydrogen-bond donors (Lipinski definition) is 2. The van der Waals surface area contributed by atoms with Gasteiger partial charge in [-0.25, -0.2) is 0 Å². The Bertz CT molecular complexity index is 556. The number of carbonyl (C=O) groups is 1. The summed E-state index contributed by atoms with van der Waals surface area (Å²) in [6.45, 7) is 6.73. The summed E-state index contributed by atoms with van der Waals surface area (Å²) in [4.78, 5) is 11.9. The lowest BCUT2D eigenvalue weighted by molar-refractivity contribution is -0.117. The second-order valence-electron chi connectivity index (χ2n) is 4.89. The number of benzene rings is 1. The highest BCUT2D eigenvalue weighted by atomic mass is 16.1. The van der Waals surface area contributed by atoms with Gasteiger partial charge in [0.25, 0.3) is 5.91 Å². The monoisotopic (exact) mass is 285 g/mol. The number of anilines is 1. The molecule has 0 aliphatic carbocycles. The zero-order valence-corrected chi connectivity index (χ0v) is 13.0. The highest BCUT2D eigenvalue weighted by Crippen LogP contribution is 2.21. The molecule has 1 amide bonds. The van der Waals surface area contributed by atoms with Crippen molar-refractivity contribution in [3.63, 3.8) is 0 Å². The van der Waals surface area contributed by atoms with Crippen LogP contribution < -0.4 is 10.6 Å². The van der Waals surface area contributed by atoms with Crippen LogP contribution in [-0.2, 0) is 11.2 Å². The number of aryl methyl sites for hydroxylation is 2. The van der Waals surface area contributed by atoms with Gasteiger partial charge in [-0.1, -0.05) is 38.5 Å². The minimum atomic E-state index is -0.329. The standard InChI is InChI=1S/C17H23N3O/c1-4-6-10-19-17(21)15(11-18)12-20-16-13(3)8-7-9-14(16)5-2/h7-9,12,20H,4-6,10H2,1-3H3,(H,19,21)/b15-12-. The Morgan fingerprint density at radius 3 is 2.76 bits per heavy atom. The number of nitrogens with one attached hydrogen (secondary N) is 2. The Morgan fingerprint density at radius 2 is 2.14 bits per heavy atom. The number of hydrogen-bond acceptors (Lipinski definition) is 3. The zero-order chi connectivity index (χ0) is 15.7. The van der Waals surface area contributed by atoms with E-state index in [0.717, 1.165) is 36.1 Å². The molecule has 0 unspecified atom stereocenters. The summed E-state index contributed by atoms with van der Waals surface area (Å²) < 4.78 is 0. The zero-order valence-electron chi connectivity index (χ0n) is 13.0. The minimum Gasteiger partial charge on any atom is -0.360 e. The van der Waals surface area contributed by atoms with Gasteiger partial charge < -0.3 is 10.6 Å². The van der Waals surface area contributed by atoms with Crippen LogP contribution in [0.15, 0.2) is 30.0 Å². The molecule has 1 aromatic carbocycles. The van der Waals surface area contributed by atoms with Crippen LogP contribution in [-0.4, -0.2) is 12.5 Å². The van der Waals surface area contributed by atoms with Gasteiger partial charge in [0.05, 0.1) is 0 Å². The Balaban J connectivity index is 2.82. The number of amides is 1. The van der Waals surface area contributed by atoms with Crippen molar-refractivity contribution in [2.75, 3.05) is 11.9 Å². The number of unbranched alkanes of at least 4 members (excludes halogenated alkanes) is 1. The van der Waals surface area contributed by atoms with Gasteiger partial charge in [-0.15, -0.1) is 0 Å². The number of para-hydroxylation sites is 1. The average molecular weight is 285 g/mol. The molecule has 0 heterocycles. The second kappa shape index (κ2) is 8.80. The van der Waals surface area contributed by atoms with E-state index in [1.54, 1.807) is 0 Å². The van der Waals surface area contributed by atoms with E-state index in [-0.39, 0.29) is 11.5 Å². The normalized spacial score (nSPS) is 10.9. The molecule has 21 heavy (non-hydrogen) atoms. The lowest BCUT2D eigenvalue weighted by Gasteiger charge is -2.11. The fraction of sp³-hybridized carbons (Fsp3) is 0.412. The first-order chi connectivity index (χ1) is 10.1. The molecule has 0 fully saturated rings. The first kappa shape index (κ1) is 16.8. The van der Waals surface area contributed by atoms with E-state index in [4.69, 9.17) is 5.26 Å². The topological polar surface area (TPSA) is 64.9 Å². The van der Waals surface area contributed by atoms with Gasteiger partial charge >= 0.3 is 0 Å². The molecule has 0 radical (unpaired) electrons. The van der Waals surface area contributed by atoms with Crippen LogP contribution in [0.1, 0.15) is 37.8 Å². The van der Waals surface area contributed by atoms with Crippen LogP contribution in [0.4, 0.5) is 5.69 Å². The lowest BCUT2D eigenvalue weighted by atomic mass is 10.1. The molecule has 0 aromatic heterocycles. The third-order valence-electron chi connectivity index (χ3n) is 3.28. The highest BCUT2D eigenvalue weighted by Gasteiger charge is 2.09. The molecule has 112 valence electrons. The summed E-state index contributed by atoms with van der Waals surface area (Å²) in [7, 11) is 0. The molecule has 0 bridgehead atoms. The van der Waals surface area contributed by atoms with Crippen molar-refractivity contribution >= 4 is 11.6 Å². The van der Waals surface area contributed by atoms with Gasteiger partial charge in [0.2, 0.25) is 0 Å². The van der Waals surface area contributed by atoms with Crippen molar-refractivity contribution < 1.29 is 4.79 Å². The van der Waals surface area contributed by atoms with E-state index < -0.39 is 0 Å². The maximum Gasteiger partial charge on any atom is 0.263 e. The molecule has 0 aliphatic rings. The van der Waals surface area contributed by atoms with Gasteiger partial charge in [-0.05, 0) is 30.9 Å². The molecule has 0 spiro atoms. The van der Waals surface area contributed by atoms with Crippen LogP contribution in [0.2, 0.25) is 0 Å². The molecule has 0 saturated heterocycles. The van der Waals surface area contributed by atoms with E-state index in [2.05, 4.69) is 24.5 Å². The summed E-state index contributed by atoms with van der Waals surface area (Å²) in [5.41, 5.74) is 3.31. The van der Waals surface area contributed by atoms with Crippen molar-refractivity contribution in [3.05, 3.63) is 41.1 Å². The lowest BCUT2D eigenvalue weighted by Crippen LogP contribution is -2.25. The summed E-state index contributed by atoms with van der Waals surface area (Å²) in [5.74, 6) is -0.329. The van der Waals surface area contributed by atoms with E-state index in [0.29, 0.717) is 6.54 Å². The molecular weight excluding hydrogens is 262 g/mol. The SMILES string of the molecule is CCCCNC(=O)/C(C#N)=C\Nc1c(C)cccc1CC. The van der Waals surface area contributed by atoms with Gasteiger partial charge in [0.15, 0.2) is 0 Å². The molecule has 4 heteroatoms. The first-order valence-electron chi connectivity index (χ1n) is 7.37. The third-order valence-corrected chi connectivity index (χ3v) is 3.28. The van der Waals surface area contributed by atoms with Gasteiger partial charge in [-0.2, -0.15) is 5.26 Å². The predicted octanol–water partition coefficient (Wildman–Crippen LogP) is 3.29. The van der Waals surface area contributed by atoms with Crippen molar-refractivity contribution in [2.45, 2.75) is 40.0 Å². The van der Waals surface area contributed by atoms with Crippen LogP contribution >= 0.6 is 0 Å². The Hall–Kier alpha value is -2.28. The Labute approximate surface area is 126 Å². The number of rotatable bonds is 7. The quantitative estimate of drug-likeness (QED) is 0.459. The van der Waals surface area contributed by atoms with Gasteiger partial charge in [0.1, 0.15) is 11.6 Å². The fourth-order valence-corrected chi connectivity index (χ4v) is 2.00.